The summed E-state index contributed by atoms with van der Waals surface area (Å²) < 4.78 is 0. The molecule has 0 bridgehead atoms. The maximum atomic E-state index is 10.8. The molecule has 0 heterocycles. The Morgan fingerprint density at radius 3 is 1.92 bits per heavy atom. The molecule has 0 aromatic carbocycles. The Morgan fingerprint density at radius 2 is 1.83 bits per heavy atom. The molecule has 12 heavy (non-hydrogen) atoms. The molecule has 0 aliphatic carbocycles. The zero-order chi connectivity index (χ0) is 10.1. The van der Waals surface area contributed by atoms with Crippen LogP contribution in [0.15, 0.2) is 24.9 Å². The van der Waals surface area contributed by atoms with Gasteiger partial charge in [-0.3, -0.25) is 4.79 Å². The number of amides is 1. The van der Waals surface area contributed by atoms with Crippen molar-refractivity contribution >= 4 is 5.91 Å². The number of carbonyl (C=O) groups is 1. The number of hydrogen-bond donors (Lipinski definition) is 0. The van der Waals surface area contributed by atoms with Gasteiger partial charge in [0, 0.05) is 12.6 Å². The number of likely N-dealkylation sites (N-methyl/N-ethyl adjacent to an activating group) is 1. The van der Waals surface area contributed by atoms with Gasteiger partial charge in [-0.1, -0.05) is 33.4 Å². The molecule has 0 aliphatic rings. The first kappa shape index (κ1) is 13.5. The maximum absolute atomic E-state index is 10.8. The van der Waals surface area contributed by atoms with Gasteiger partial charge in [0.25, 0.3) is 5.91 Å². The molecule has 0 unspecified atom stereocenters. The molecule has 0 radical (unpaired) electrons. The fourth-order valence-corrected chi connectivity index (χ4v) is 0.384. The van der Waals surface area contributed by atoms with Crippen LogP contribution in [0, 0.1) is 0 Å². The lowest BCUT2D eigenvalue weighted by Gasteiger charge is -2.09. The first-order chi connectivity index (χ1) is 5.51. The Labute approximate surface area is 75.6 Å². The van der Waals surface area contributed by atoms with Crippen molar-refractivity contribution in [3.05, 3.63) is 24.9 Å². The third-order valence-corrected chi connectivity index (χ3v) is 0.959. The summed E-state index contributed by atoms with van der Waals surface area (Å²) in [6.07, 6.45) is 2.71. The predicted octanol–water partition coefficient (Wildman–Crippen LogP) is 2.58. The summed E-state index contributed by atoms with van der Waals surface area (Å²) in [7, 11) is 1.64. The molecule has 0 fully saturated rings. The van der Waals surface area contributed by atoms with Crippen LogP contribution in [-0.4, -0.2) is 17.9 Å². The lowest BCUT2D eigenvalue weighted by atomic mass is 10.3. The van der Waals surface area contributed by atoms with E-state index in [2.05, 4.69) is 27.0 Å². The van der Waals surface area contributed by atoms with Gasteiger partial charge < -0.3 is 4.90 Å². The Bertz CT molecular complexity index is 161. The van der Waals surface area contributed by atoms with E-state index in [-0.39, 0.29) is 5.91 Å². The Balaban J connectivity index is 0. The third-order valence-electron chi connectivity index (χ3n) is 0.959. The van der Waals surface area contributed by atoms with Crippen LogP contribution in [-0.2, 0) is 4.79 Å². The minimum atomic E-state index is -0.0926. The van der Waals surface area contributed by atoms with Gasteiger partial charge in [-0.05, 0) is 13.1 Å². The van der Waals surface area contributed by atoms with Gasteiger partial charge in [-0.15, -0.1) is 0 Å². The SMILES string of the molecule is C=CN(C)C(=O)C(=C)C.CCC. The summed E-state index contributed by atoms with van der Waals surface area (Å²) >= 11 is 0. The average molecular weight is 169 g/mol. The van der Waals surface area contributed by atoms with Crippen molar-refractivity contribution in [1.82, 2.24) is 4.90 Å². The second-order valence-corrected chi connectivity index (χ2v) is 2.59. The van der Waals surface area contributed by atoms with Crippen molar-refractivity contribution in [2.75, 3.05) is 7.05 Å². The minimum Gasteiger partial charge on any atom is -0.319 e. The standard InChI is InChI=1S/C7H11NO.C3H8/c1-5-8(4)7(9)6(2)3;1-3-2/h5H,1-2H2,3-4H3;3H2,1-2H3. The van der Waals surface area contributed by atoms with Crippen LogP contribution >= 0.6 is 0 Å². The van der Waals surface area contributed by atoms with E-state index in [1.54, 1.807) is 14.0 Å². The molecule has 0 atom stereocenters. The maximum Gasteiger partial charge on any atom is 0.252 e. The molecular formula is C10H19NO. The van der Waals surface area contributed by atoms with Gasteiger partial charge in [0.15, 0.2) is 0 Å². The highest BCUT2D eigenvalue weighted by Crippen LogP contribution is 1.94. The summed E-state index contributed by atoms with van der Waals surface area (Å²) in [5, 5.41) is 0. The molecule has 0 saturated carbocycles. The van der Waals surface area contributed by atoms with Gasteiger partial charge in [0.05, 0.1) is 0 Å². The zero-order valence-corrected chi connectivity index (χ0v) is 8.55. The molecule has 70 valence electrons. The Morgan fingerprint density at radius 1 is 1.50 bits per heavy atom. The summed E-state index contributed by atoms with van der Waals surface area (Å²) in [6, 6.07) is 0. The molecule has 0 rings (SSSR count). The van der Waals surface area contributed by atoms with Crippen LogP contribution in [0.2, 0.25) is 0 Å². The summed E-state index contributed by atoms with van der Waals surface area (Å²) in [6.45, 7) is 12.8. The molecule has 0 spiro atoms. The highest BCUT2D eigenvalue weighted by molar-refractivity contribution is 5.92. The lowest BCUT2D eigenvalue weighted by Crippen LogP contribution is -2.20. The molecule has 0 aromatic heterocycles. The highest BCUT2D eigenvalue weighted by Gasteiger charge is 2.03. The normalized spacial score (nSPS) is 7.67. The van der Waals surface area contributed by atoms with E-state index in [0.717, 1.165) is 0 Å². The summed E-state index contributed by atoms with van der Waals surface area (Å²) in [5.41, 5.74) is 0.525. The summed E-state index contributed by atoms with van der Waals surface area (Å²) in [4.78, 5) is 12.2. The third kappa shape index (κ3) is 7.06. The molecule has 1 amide bonds. The van der Waals surface area contributed by atoms with E-state index in [1.165, 1.54) is 17.5 Å². The first-order valence-electron chi connectivity index (χ1n) is 4.06. The van der Waals surface area contributed by atoms with Crippen molar-refractivity contribution in [1.29, 1.82) is 0 Å². The highest BCUT2D eigenvalue weighted by atomic mass is 16.2. The van der Waals surface area contributed by atoms with Crippen LogP contribution < -0.4 is 0 Å². The topological polar surface area (TPSA) is 20.3 Å². The molecule has 2 nitrogen and oxygen atoms in total. The zero-order valence-electron chi connectivity index (χ0n) is 8.55. The van der Waals surface area contributed by atoms with Gasteiger partial charge >= 0.3 is 0 Å². The Kier molecular flexibility index (Phi) is 9.08. The largest absolute Gasteiger partial charge is 0.319 e. The van der Waals surface area contributed by atoms with Crippen molar-refractivity contribution in [2.24, 2.45) is 0 Å². The van der Waals surface area contributed by atoms with E-state index in [9.17, 15) is 4.79 Å². The van der Waals surface area contributed by atoms with Crippen molar-refractivity contribution in [3.8, 4) is 0 Å². The molecule has 0 aromatic rings. The van der Waals surface area contributed by atoms with Gasteiger partial charge in [-0.25, -0.2) is 0 Å². The van der Waals surface area contributed by atoms with E-state index in [0.29, 0.717) is 5.57 Å². The second-order valence-electron chi connectivity index (χ2n) is 2.59. The number of carbonyl (C=O) groups excluding carboxylic acids is 1. The van der Waals surface area contributed by atoms with Crippen LogP contribution in [0.3, 0.4) is 0 Å². The average Bonchev–Trinajstić information content (AvgIpc) is 2.03. The lowest BCUT2D eigenvalue weighted by molar-refractivity contribution is -0.123. The fourth-order valence-electron chi connectivity index (χ4n) is 0.384. The molecule has 0 N–H and O–H groups in total. The summed E-state index contributed by atoms with van der Waals surface area (Å²) in [5.74, 6) is -0.0926. The van der Waals surface area contributed by atoms with Crippen LogP contribution in [0.25, 0.3) is 0 Å². The molecular weight excluding hydrogens is 150 g/mol. The number of rotatable bonds is 2. The Hall–Kier alpha value is -1.05. The van der Waals surface area contributed by atoms with E-state index >= 15 is 0 Å². The van der Waals surface area contributed by atoms with Crippen LogP contribution in [0.5, 0.6) is 0 Å². The minimum absolute atomic E-state index is 0.0926. The van der Waals surface area contributed by atoms with Gasteiger partial charge in [0.2, 0.25) is 0 Å². The molecule has 0 aliphatic heterocycles. The van der Waals surface area contributed by atoms with E-state index in [4.69, 9.17) is 0 Å². The van der Waals surface area contributed by atoms with Crippen LogP contribution in [0.1, 0.15) is 27.2 Å². The van der Waals surface area contributed by atoms with E-state index in [1.807, 2.05) is 0 Å². The smallest absolute Gasteiger partial charge is 0.252 e. The number of hydrogen-bond acceptors (Lipinski definition) is 1. The second kappa shape index (κ2) is 8.05. The molecule has 2 heteroatoms. The number of nitrogens with zero attached hydrogens (tertiary/aromatic N) is 1. The predicted molar refractivity (Wildman–Crippen MR) is 53.7 cm³/mol. The van der Waals surface area contributed by atoms with Gasteiger partial charge in [0.1, 0.15) is 0 Å². The quantitative estimate of drug-likeness (QED) is 0.582. The fraction of sp³-hybridized carbons (Fsp3) is 0.500. The van der Waals surface area contributed by atoms with E-state index < -0.39 is 0 Å². The van der Waals surface area contributed by atoms with Crippen molar-refractivity contribution in [3.63, 3.8) is 0 Å². The van der Waals surface area contributed by atoms with Crippen molar-refractivity contribution < 1.29 is 4.79 Å². The first-order valence-corrected chi connectivity index (χ1v) is 4.06. The monoisotopic (exact) mass is 169 g/mol. The molecule has 0 saturated heterocycles. The van der Waals surface area contributed by atoms with Gasteiger partial charge in [-0.2, -0.15) is 0 Å². The van der Waals surface area contributed by atoms with Crippen LogP contribution in [0.4, 0.5) is 0 Å². The van der Waals surface area contributed by atoms with Crippen molar-refractivity contribution in [2.45, 2.75) is 27.2 Å².